The number of likely N-dealkylation sites (tertiary alicyclic amines) is 1. The highest BCUT2D eigenvalue weighted by Gasteiger charge is 2.46. The maximum absolute atomic E-state index is 11.3. The molecule has 0 aromatic rings. The van der Waals surface area contributed by atoms with E-state index in [-0.39, 0.29) is 5.91 Å². The minimum absolute atomic E-state index is 0.317. The minimum atomic E-state index is -0.864. The molecule has 6 heteroatoms. The zero-order valence-electron chi connectivity index (χ0n) is 7.75. The zero-order chi connectivity index (χ0) is 10.7. The third-order valence-electron chi connectivity index (χ3n) is 1.98. The number of azide groups is 1. The van der Waals surface area contributed by atoms with Gasteiger partial charge in [0.05, 0.1) is 0 Å². The van der Waals surface area contributed by atoms with Crippen molar-refractivity contribution in [3.63, 3.8) is 0 Å². The quantitative estimate of drug-likeness (QED) is 0.164. The van der Waals surface area contributed by atoms with Crippen molar-refractivity contribution >= 4 is 12.2 Å². The molecule has 0 saturated carbocycles. The van der Waals surface area contributed by atoms with Crippen molar-refractivity contribution in [3.05, 3.63) is 22.6 Å². The number of nitrogens with zero attached hydrogens (tertiary/aromatic N) is 4. The molecule has 1 aliphatic rings. The highest BCUT2D eigenvalue weighted by Crippen LogP contribution is 2.22. The summed E-state index contributed by atoms with van der Waals surface area (Å²) in [5, 5.41) is 3.25. The van der Waals surface area contributed by atoms with Crippen LogP contribution in [0.5, 0.6) is 0 Å². The minimum Gasteiger partial charge on any atom is -0.328 e. The second-order valence-electron chi connectivity index (χ2n) is 3.20. The lowest BCUT2D eigenvalue weighted by Crippen LogP contribution is -2.64. The van der Waals surface area contributed by atoms with Gasteiger partial charge in [0.2, 0.25) is 5.91 Å². The number of carbonyl (C=O) groups is 2. The monoisotopic (exact) mass is 194 g/mol. The average molecular weight is 194 g/mol. The van der Waals surface area contributed by atoms with Gasteiger partial charge in [0.25, 0.3) is 0 Å². The summed E-state index contributed by atoms with van der Waals surface area (Å²) in [6.07, 6.45) is 0.615. The molecule has 14 heavy (non-hydrogen) atoms. The molecule has 0 spiro atoms. The summed E-state index contributed by atoms with van der Waals surface area (Å²) >= 11 is 0. The first kappa shape index (κ1) is 10.3. The van der Waals surface area contributed by atoms with Gasteiger partial charge in [-0.1, -0.05) is 17.3 Å². The molecule has 0 unspecified atom stereocenters. The van der Waals surface area contributed by atoms with Gasteiger partial charge < -0.3 is 9.69 Å². The van der Waals surface area contributed by atoms with E-state index in [1.54, 1.807) is 6.92 Å². The fourth-order valence-electron chi connectivity index (χ4n) is 1.35. The van der Waals surface area contributed by atoms with Gasteiger partial charge in [0, 0.05) is 11.5 Å². The largest absolute Gasteiger partial charge is 0.328 e. The SMILES string of the molecule is C=C(C)CN1C(=O)[C@H](N=[N+]=[N-])[C@@H]1C=O. The van der Waals surface area contributed by atoms with Crippen LogP contribution in [0, 0.1) is 0 Å². The van der Waals surface area contributed by atoms with Gasteiger partial charge in [0.1, 0.15) is 18.4 Å². The van der Waals surface area contributed by atoms with Crippen molar-refractivity contribution in [1.82, 2.24) is 4.90 Å². The third-order valence-corrected chi connectivity index (χ3v) is 1.98. The molecule has 1 heterocycles. The molecule has 0 N–H and O–H groups in total. The summed E-state index contributed by atoms with van der Waals surface area (Å²) in [5.74, 6) is -0.317. The van der Waals surface area contributed by atoms with Gasteiger partial charge in [-0.2, -0.15) is 0 Å². The van der Waals surface area contributed by atoms with Crippen molar-refractivity contribution in [2.45, 2.75) is 19.0 Å². The van der Waals surface area contributed by atoms with Crippen LogP contribution in [0.15, 0.2) is 17.3 Å². The molecule has 0 bridgehead atoms. The number of amides is 1. The van der Waals surface area contributed by atoms with Gasteiger partial charge in [-0.15, -0.1) is 0 Å². The van der Waals surface area contributed by atoms with E-state index in [2.05, 4.69) is 16.6 Å². The normalized spacial score (nSPS) is 24.9. The Labute approximate surface area is 80.8 Å². The van der Waals surface area contributed by atoms with Crippen molar-refractivity contribution in [3.8, 4) is 0 Å². The Balaban J connectivity index is 2.73. The van der Waals surface area contributed by atoms with Crippen LogP contribution < -0.4 is 0 Å². The van der Waals surface area contributed by atoms with Crippen molar-refractivity contribution < 1.29 is 9.59 Å². The second kappa shape index (κ2) is 3.93. The third kappa shape index (κ3) is 1.60. The van der Waals surface area contributed by atoms with Crippen LogP contribution in [-0.2, 0) is 9.59 Å². The molecular formula is C8H10N4O2. The van der Waals surface area contributed by atoms with Gasteiger partial charge in [-0.3, -0.25) is 4.79 Å². The summed E-state index contributed by atoms with van der Waals surface area (Å²) in [5.41, 5.74) is 8.94. The van der Waals surface area contributed by atoms with Crippen LogP contribution in [0.4, 0.5) is 0 Å². The van der Waals surface area contributed by atoms with Gasteiger partial charge in [-0.25, -0.2) is 0 Å². The van der Waals surface area contributed by atoms with Crippen LogP contribution in [0.3, 0.4) is 0 Å². The molecule has 1 aliphatic heterocycles. The van der Waals surface area contributed by atoms with E-state index in [1.165, 1.54) is 4.90 Å². The summed E-state index contributed by atoms with van der Waals surface area (Å²) in [6, 6.07) is -1.49. The van der Waals surface area contributed by atoms with E-state index in [1.807, 2.05) is 0 Å². The predicted octanol–water partition coefficient (Wildman–Crippen LogP) is 0.651. The molecule has 0 aromatic heterocycles. The van der Waals surface area contributed by atoms with Gasteiger partial charge >= 0.3 is 0 Å². The smallest absolute Gasteiger partial charge is 0.235 e. The van der Waals surface area contributed by atoms with E-state index in [4.69, 9.17) is 5.53 Å². The standard InChI is InChI=1S/C8H10N4O2/c1-5(2)3-12-6(4-13)7(8(12)14)10-11-9/h4,6-7H,1,3H2,2H3/t6-,7+/m0/s1. The van der Waals surface area contributed by atoms with Crippen LogP contribution in [0.1, 0.15) is 6.92 Å². The molecule has 0 aliphatic carbocycles. The predicted molar refractivity (Wildman–Crippen MR) is 49.3 cm³/mol. The van der Waals surface area contributed by atoms with Crippen LogP contribution >= 0.6 is 0 Å². The molecule has 74 valence electrons. The number of carbonyl (C=O) groups excluding carboxylic acids is 2. The second-order valence-corrected chi connectivity index (χ2v) is 3.20. The maximum Gasteiger partial charge on any atom is 0.235 e. The summed E-state index contributed by atoms with van der Waals surface area (Å²) in [4.78, 5) is 25.8. The fourth-order valence-corrected chi connectivity index (χ4v) is 1.35. The van der Waals surface area contributed by atoms with Crippen molar-refractivity contribution in [2.75, 3.05) is 6.54 Å². The summed E-state index contributed by atoms with van der Waals surface area (Å²) in [7, 11) is 0. The number of aldehydes is 1. The number of rotatable bonds is 4. The summed E-state index contributed by atoms with van der Waals surface area (Å²) < 4.78 is 0. The van der Waals surface area contributed by atoms with E-state index < -0.39 is 12.1 Å². The van der Waals surface area contributed by atoms with E-state index in [0.717, 1.165) is 5.57 Å². The van der Waals surface area contributed by atoms with Crippen LogP contribution in [0.2, 0.25) is 0 Å². The van der Waals surface area contributed by atoms with Crippen molar-refractivity contribution in [2.24, 2.45) is 5.11 Å². The highest BCUT2D eigenvalue weighted by molar-refractivity contribution is 5.96. The lowest BCUT2D eigenvalue weighted by atomic mass is 9.96. The maximum atomic E-state index is 11.3. The van der Waals surface area contributed by atoms with E-state index >= 15 is 0 Å². The van der Waals surface area contributed by atoms with Gasteiger partial charge in [-0.05, 0) is 12.5 Å². The zero-order valence-corrected chi connectivity index (χ0v) is 7.75. The Hall–Kier alpha value is -1.81. The Kier molecular flexibility index (Phi) is 2.89. The fraction of sp³-hybridized carbons (Fsp3) is 0.500. The Morgan fingerprint density at radius 2 is 2.50 bits per heavy atom. The Morgan fingerprint density at radius 3 is 2.93 bits per heavy atom. The number of hydrogen-bond donors (Lipinski definition) is 0. The molecule has 1 rings (SSSR count). The Morgan fingerprint density at radius 1 is 1.86 bits per heavy atom. The van der Waals surface area contributed by atoms with Crippen molar-refractivity contribution in [1.29, 1.82) is 0 Å². The van der Waals surface area contributed by atoms with E-state index in [9.17, 15) is 9.59 Å². The first-order valence-electron chi connectivity index (χ1n) is 4.06. The molecule has 0 radical (unpaired) electrons. The summed E-state index contributed by atoms with van der Waals surface area (Å²) in [6.45, 7) is 5.73. The highest BCUT2D eigenvalue weighted by atomic mass is 16.2. The van der Waals surface area contributed by atoms with E-state index in [0.29, 0.717) is 12.8 Å². The van der Waals surface area contributed by atoms with Gasteiger partial charge in [0.15, 0.2) is 0 Å². The molecular weight excluding hydrogens is 184 g/mol. The molecule has 1 fully saturated rings. The topological polar surface area (TPSA) is 86.1 Å². The first-order valence-corrected chi connectivity index (χ1v) is 4.06. The average Bonchev–Trinajstić information content (AvgIpc) is 2.15. The lowest BCUT2D eigenvalue weighted by Gasteiger charge is -2.42. The molecule has 0 aromatic carbocycles. The Bertz CT molecular complexity index is 332. The number of β-lactam (4-membered cyclic amide) rings is 1. The van der Waals surface area contributed by atoms with Crippen LogP contribution in [-0.4, -0.2) is 35.7 Å². The lowest BCUT2D eigenvalue weighted by molar-refractivity contribution is -0.151. The number of hydrogen-bond acceptors (Lipinski definition) is 3. The molecule has 2 atom stereocenters. The molecule has 1 amide bonds. The molecule has 1 saturated heterocycles. The van der Waals surface area contributed by atoms with Crippen LogP contribution in [0.25, 0.3) is 10.4 Å². The molecule has 6 nitrogen and oxygen atoms in total. The first-order chi connectivity index (χ1) is 6.61.